The Labute approximate surface area is 176 Å². The molecule has 1 atom stereocenters. The van der Waals surface area contributed by atoms with Crippen LogP contribution >= 0.6 is 0 Å². The first-order chi connectivity index (χ1) is 14.7. The average Bonchev–Trinajstić information content (AvgIpc) is 3.06. The normalized spacial score (nSPS) is 15.0. The van der Waals surface area contributed by atoms with E-state index < -0.39 is 6.17 Å². The Balaban J connectivity index is 1.75. The zero-order valence-corrected chi connectivity index (χ0v) is 17.2. The maximum atomic E-state index is 13.3. The van der Waals surface area contributed by atoms with Gasteiger partial charge in [-0.05, 0) is 49.4 Å². The molecule has 154 valence electrons. The Kier molecular flexibility index (Phi) is 5.48. The largest absolute Gasteiger partial charge is 0.497 e. The second-order valence-electron chi connectivity index (χ2n) is 6.80. The molecule has 0 aromatic heterocycles. The zero-order chi connectivity index (χ0) is 21.1. The van der Waals surface area contributed by atoms with Crippen LogP contribution in [0.1, 0.15) is 29.0 Å². The van der Waals surface area contributed by atoms with Crippen molar-refractivity contribution in [1.82, 2.24) is 0 Å². The third kappa shape index (κ3) is 3.52. The molecule has 6 nitrogen and oxygen atoms in total. The van der Waals surface area contributed by atoms with E-state index in [2.05, 4.69) is 5.32 Å². The maximum absolute atomic E-state index is 13.3. The van der Waals surface area contributed by atoms with Gasteiger partial charge in [0.2, 0.25) is 0 Å². The van der Waals surface area contributed by atoms with E-state index in [4.69, 9.17) is 14.2 Å². The lowest BCUT2D eigenvalue weighted by Gasteiger charge is -2.28. The first kappa shape index (κ1) is 19.6. The van der Waals surface area contributed by atoms with E-state index in [9.17, 15) is 4.79 Å². The van der Waals surface area contributed by atoms with E-state index in [0.29, 0.717) is 23.7 Å². The molecule has 1 heterocycles. The molecule has 0 saturated heterocycles. The number of benzene rings is 3. The quantitative estimate of drug-likeness (QED) is 0.609. The van der Waals surface area contributed by atoms with Gasteiger partial charge in [0.1, 0.15) is 23.4 Å². The molecular weight excluding hydrogens is 380 g/mol. The van der Waals surface area contributed by atoms with Crippen LogP contribution in [0.2, 0.25) is 0 Å². The Bertz CT molecular complexity index is 1050. The predicted molar refractivity (Wildman–Crippen MR) is 117 cm³/mol. The summed E-state index contributed by atoms with van der Waals surface area (Å²) in [7, 11) is 3.23. The van der Waals surface area contributed by atoms with Crippen LogP contribution in [0, 0.1) is 0 Å². The standard InChI is InChI=1S/C24H24N2O4/c1-4-30-17-11-9-16(10-12-17)26-23(19-7-5-6-8-20(19)24(26)27)25-21-15-18(28-2)13-14-22(21)29-3/h5-15,23,25H,4H2,1-3H3/t23-/m1/s1. The number of carbonyl (C=O) groups excluding carboxylic acids is 1. The van der Waals surface area contributed by atoms with E-state index in [0.717, 1.165) is 22.7 Å². The Hall–Kier alpha value is -3.67. The van der Waals surface area contributed by atoms with Gasteiger partial charge < -0.3 is 19.5 Å². The van der Waals surface area contributed by atoms with Crippen LogP contribution in [-0.2, 0) is 0 Å². The van der Waals surface area contributed by atoms with Crippen molar-refractivity contribution < 1.29 is 19.0 Å². The van der Waals surface area contributed by atoms with Gasteiger partial charge >= 0.3 is 0 Å². The summed E-state index contributed by atoms with van der Waals surface area (Å²) in [5, 5.41) is 3.48. The number of rotatable bonds is 7. The molecule has 1 aliphatic heterocycles. The van der Waals surface area contributed by atoms with Crippen LogP contribution in [0.4, 0.5) is 11.4 Å². The smallest absolute Gasteiger partial charge is 0.260 e. The number of carbonyl (C=O) groups is 1. The molecule has 0 radical (unpaired) electrons. The number of nitrogens with zero attached hydrogens (tertiary/aromatic N) is 1. The fourth-order valence-electron chi connectivity index (χ4n) is 3.67. The van der Waals surface area contributed by atoms with Gasteiger partial charge in [-0.15, -0.1) is 0 Å². The van der Waals surface area contributed by atoms with Gasteiger partial charge in [-0.1, -0.05) is 18.2 Å². The molecule has 30 heavy (non-hydrogen) atoms. The van der Waals surface area contributed by atoms with Crippen LogP contribution in [0.15, 0.2) is 66.7 Å². The highest BCUT2D eigenvalue weighted by molar-refractivity contribution is 6.11. The molecule has 3 aromatic carbocycles. The summed E-state index contributed by atoms with van der Waals surface area (Å²) in [5.74, 6) is 2.07. The number of nitrogens with one attached hydrogen (secondary N) is 1. The van der Waals surface area contributed by atoms with Gasteiger partial charge in [-0.2, -0.15) is 0 Å². The summed E-state index contributed by atoms with van der Waals surface area (Å²) >= 11 is 0. The van der Waals surface area contributed by atoms with E-state index in [-0.39, 0.29) is 5.91 Å². The number of amides is 1. The second kappa shape index (κ2) is 8.37. The van der Waals surface area contributed by atoms with Gasteiger partial charge in [-0.25, -0.2) is 0 Å². The monoisotopic (exact) mass is 404 g/mol. The fraction of sp³-hybridized carbons (Fsp3) is 0.208. The number of methoxy groups -OCH3 is 2. The molecule has 1 N–H and O–H groups in total. The minimum absolute atomic E-state index is 0.0610. The van der Waals surface area contributed by atoms with Gasteiger partial charge in [-0.3, -0.25) is 9.69 Å². The molecule has 0 bridgehead atoms. The molecule has 6 heteroatoms. The molecule has 1 aliphatic rings. The van der Waals surface area contributed by atoms with E-state index in [1.165, 1.54) is 0 Å². The summed E-state index contributed by atoms with van der Waals surface area (Å²) in [6.07, 6.45) is -0.396. The summed E-state index contributed by atoms with van der Waals surface area (Å²) in [6, 6.07) is 20.7. The molecule has 0 saturated carbocycles. The summed E-state index contributed by atoms with van der Waals surface area (Å²) in [6.45, 7) is 2.53. The van der Waals surface area contributed by atoms with Crippen LogP contribution in [0.3, 0.4) is 0 Å². The molecule has 1 amide bonds. The van der Waals surface area contributed by atoms with Crippen molar-refractivity contribution in [3.05, 3.63) is 77.9 Å². The highest BCUT2D eigenvalue weighted by Gasteiger charge is 2.38. The van der Waals surface area contributed by atoms with Gasteiger partial charge in [0.05, 0.1) is 26.5 Å². The van der Waals surface area contributed by atoms with Crippen LogP contribution in [0.5, 0.6) is 17.2 Å². The number of ether oxygens (including phenoxy) is 3. The summed E-state index contributed by atoms with van der Waals surface area (Å²) in [5.41, 5.74) is 3.09. The fourth-order valence-corrected chi connectivity index (χ4v) is 3.67. The van der Waals surface area contributed by atoms with Gasteiger partial charge in [0.15, 0.2) is 0 Å². The Morgan fingerprint density at radius 1 is 0.933 bits per heavy atom. The Morgan fingerprint density at radius 2 is 1.67 bits per heavy atom. The van der Waals surface area contributed by atoms with E-state index in [1.54, 1.807) is 19.1 Å². The van der Waals surface area contributed by atoms with Crippen molar-refractivity contribution in [3.63, 3.8) is 0 Å². The topological polar surface area (TPSA) is 60.0 Å². The minimum atomic E-state index is -0.396. The van der Waals surface area contributed by atoms with Crippen molar-refractivity contribution in [2.45, 2.75) is 13.1 Å². The SMILES string of the molecule is CCOc1ccc(N2C(=O)c3ccccc3[C@@H]2Nc2cc(OC)ccc2OC)cc1. The molecule has 4 rings (SSSR count). The third-order valence-corrected chi connectivity index (χ3v) is 5.09. The Morgan fingerprint density at radius 3 is 2.37 bits per heavy atom. The van der Waals surface area contributed by atoms with E-state index in [1.807, 2.05) is 73.7 Å². The highest BCUT2D eigenvalue weighted by atomic mass is 16.5. The van der Waals surface area contributed by atoms with Gasteiger partial charge in [0.25, 0.3) is 5.91 Å². The van der Waals surface area contributed by atoms with Crippen molar-refractivity contribution in [2.75, 3.05) is 31.0 Å². The summed E-state index contributed by atoms with van der Waals surface area (Å²) in [4.78, 5) is 15.0. The predicted octanol–water partition coefficient (Wildman–Crippen LogP) is 4.87. The molecule has 0 aliphatic carbocycles. The van der Waals surface area contributed by atoms with Crippen molar-refractivity contribution in [2.24, 2.45) is 0 Å². The number of hydrogen-bond donors (Lipinski definition) is 1. The molecule has 0 spiro atoms. The average molecular weight is 404 g/mol. The molecule has 0 fully saturated rings. The van der Waals surface area contributed by atoms with Crippen molar-refractivity contribution >= 4 is 17.3 Å². The van der Waals surface area contributed by atoms with Crippen LogP contribution in [0.25, 0.3) is 0 Å². The zero-order valence-electron chi connectivity index (χ0n) is 17.2. The van der Waals surface area contributed by atoms with Crippen molar-refractivity contribution in [3.8, 4) is 17.2 Å². The number of hydrogen-bond acceptors (Lipinski definition) is 5. The number of anilines is 2. The van der Waals surface area contributed by atoms with Crippen LogP contribution < -0.4 is 24.4 Å². The highest BCUT2D eigenvalue weighted by Crippen LogP contribution is 2.40. The van der Waals surface area contributed by atoms with Crippen LogP contribution in [-0.4, -0.2) is 26.7 Å². The summed E-state index contributed by atoms with van der Waals surface area (Å²) < 4.78 is 16.4. The lowest BCUT2D eigenvalue weighted by molar-refractivity contribution is 0.0993. The second-order valence-corrected chi connectivity index (χ2v) is 6.80. The molecular formula is C24H24N2O4. The molecule has 0 unspecified atom stereocenters. The minimum Gasteiger partial charge on any atom is -0.497 e. The first-order valence-corrected chi connectivity index (χ1v) is 9.80. The number of fused-ring (bicyclic) bond motifs is 1. The lowest BCUT2D eigenvalue weighted by atomic mass is 10.1. The van der Waals surface area contributed by atoms with E-state index >= 15 is 0 Å². The van der Waals surface area contributed by atoms with Crippen molar-refractivity contribution in [1.29, 1.82) is 0 Å². The lowest BCUT2D eigenvalue weighted by Crippen LogP contribution is -2.32. The van der Waals surface area contributed by atoms with Gasteiger partial charge in [0, 0.05) is 22.9 Å². The maximum Gasteiger partial charge on any atom is 0.260 e. The third-order valence-electron chi connectivity index (χ3n) is 5.09. The molecule has 3 aromatic rings. The first-order valence-electron chi connectivity index (χ1n) is 9.80.